The van der Waals surface area contributed by atoms with Gasteiger partial charge in [0.1, 0.15) is 5.75 Å². The Morgan fingerprint density at radius 3 is 2.73 bits per heavy atom. The summed E-state index contributed by atoms with van der Waals surface area (Å²) in [5, 5.41) is 7.31. The Bertz CT molecular complexity index is 887. The summed E-state index contributed by atoms with van der Waals surface area (Å²) in [7, 11) is 1.64. The zero-order valence-electron chi connectivity index (χ0n) is 15.3. The number of aromatic nitrogens is 2. The van der Waals surface area contributed by atoms with Crippen molar-refractivity contribution < 1.29 is 9.53 Å². The van der Waals surface area contributed by atoms with Gasteiger partial charge in [-0.1, -0.05) is 48.0 Å². The molecule has 0 radical (unpaired) electrons. The number of nitrogens with one attached hydrogen (secondary N) is 1. The maximum atomic E-state index is 12.6. The average molecular weight is 349 g/mol. The van der Waals surface area contributed by atoms with Crippen LogP contribution in [-0.4, -0.2) is 22.8 Å². The third-order valence-corrected chi connectivity index (χ3v) is 4.28. The summed E-state index contributed by atoms with van der Waals surface area (Å²) in [5.74, 6) is 0.614. The molecule has 0 spiro atoms. The van der Waals surface area contributed by atoms with Crippen LogP contribution in [0.5, 0.6) is 5.75 Å². The van der Waals surface area contributed by atoms with Gasteiger partial charge in [0.25, 0.3) is 5.91 Å². The van der Waals surface area contributed by atoms with Gasteiger partial charge in [0, 0.05) is 11.8 Å². The number of carbonyl (C=O) groups is 1. The summed E-state index contributed by atoms with van der Waals surface area (Å²) >= 11 is 0. The molecule has 0 aliphatic rings. The van der Waals surface area contributed by atoms with Gasteiger partial charge in [0.15, 0.2) is 0 Å². The largest absolute Gasteiger partial charge is 0.496 e. The third kappa shape index (κ3) is 4.11. The molecule has 134 valence electrons. The number of hydrogen-bond donors (Lipinski definition) is 1. The molecule has 1 N–H and O–H groups in total. The molecule has 0 unspecified atom stereocenters. The van der Waals surface area contributed by atoms with E-state index in [4.69, 9.17) is 4.74 Å². The highest BCUT2D eigenvalue weighted by Crippen LogP contribution is 2.26. The molecule has 1 heterocycles. The van der Waals surface area contributed by atoms with Gasteiger partial charge in [-0.3, -0.25) is 9.48 Å². The smallest absolute Gasteiger partial charge is 0.254 e. The van der Waals surface area contributed by atoms with Crippen LogP contribution < -0.4 is 10.1 Å². The van der Waals surface area contributed by atoms with Crippen LogP contribution in [0.1, 0.15) is 40.0 Å². The van der Waals surface area contributed by atoms with Gasteiger partial charge in [0.05, 0.1) is 31.5 Å². The summed E-state index contributed by atoms with van der Waals surface area (Å²) in [6, 6.07) is 15.8. The Labute approximate surface area is 153 Å². The van der Waals surface area contributed by atoms with Gasteiger partial charge in [-0.15, -0.1) is 0 Å². The lowest BCUT2D eigenvalue weighted by atomic mass is 10.0. The number of aryl methyl sites for hydroxylation is 1. The van der Waals surface area contributed by atoms with Crippen molar-refractivity contribution in [2.24, 2.45) is 0 Å². The van der Waals surface area contributed by atoms with Crippen molar-refractivity contribution in [3.63, 3.8) is 0 Å². The minimum Gasteiger partial charge on any atom is -0.496 e. The van der Waals surface area contributed by atoms with Crippen LogP contribution in [0.3, 0.4) is 0 Å². The molecule has 26 heavy (non-hydrogen) atoms. The maximum absolute atomic E-state index is 12.6. The molecule has 3 aromatic rings. The normalized spacial score (nSPS) is 11.8. The van der Waals surface area contributed by atoms with E-state index < -0.39 is 0 Å². The van der Waals surface area contributed by atoms with E-state index in [1.54, 1.807) is 24.2 Å². The number of benzene rings is 2. The molecule has 0 aliphatic carbocycles. The fraction of sp³-hybridized carbons (Fsp3) is 0.238. The summed E-state index contributed by atoms with van der Waals surface area (Å²) in [5.41, 5.74) is 3.76. The maximum Gasteiger partial charge on any atom is 0.254 e. The molecule has 0 fully saturated rings. The number of amides is 1. The third-order valence-electron chi connectivity index (χ3n) is 4.28. The topological polar surface area (TPSA) is 56.1 Å². The van der Waals surface area contributed by atoms with E-state index in [0.717, 1.165) is 22.4 Å². The van der Waals surface area contributed by atoms with Crippen molar-refractivity contribution in [1.82, 2.24) is 15.1 Å². The minimum absolute atomic E-state index is 0.152. The van der Waals surface area contributed by atoms with E-state index in [2.05, 4.69) is 10.4 Å². The standard InChI is InChI=1S/C21H23N3O2/c1-15-9-10-20(26-3)19(11-15)16(2)23-21(25)18-12-22-24(14-18)13-17-7-5-4-6-8-17/h4-12,14,16H,13H2,1-3H3,(H,23,25)/t16-/m0/s1. The first kappa shape index (κ1) is 17.7. The highest BCUT2D eigenvalue weighted by molar-refractivity contribution is 5.94. The zero-order chi connectivity index (χ0) is 18.5. The van der Waals surface area contributed by atoms with Crippen LogP contribution in [0.2, 0.25) is 0 Å². The summed E-state index contributed by atoms with van der Waals surface area (Å²) in [6.45, 7) is 4.60. The van der Waals surface area contributed by atoms with Crippen LogP contribution >= 0.6 is 0 Å². The molecule has 0 saturated heterocycles. The first-order valence-corrected chi connectivity index (χ1v) is 8.58. The van der Waals surface area contributed by atoms with Gasteiger partial charge >= 0.3 is 0 Å². The molecule has 1 aromatic heterocycles. The second kappa shape index (κ2) is 7.87. The van der Waals surface area contributed by atoms with Crippen LogP contribution in [0.15, 0.2) is 60.9 Å². The van der Waals surface area contributed by atoms with E-state index in [9.17, 15) is 4.79 Å². The number of ether oxygens (including phenoxy) is 1. The van der Waals surface area contributed by atoms with Gasteiger partial charge in [-0.05, 0) is 25.5 Å². The fourth-order valence-corrected chi connectivity index (χ4v) is 2.89. The van der Waals surface area contributed by atoms with Crippen molar-refractivity contribution in [3.05, 3.63) is 83.2 Å². The highest BCUT2D eigenvalue weighted by atomic mass is 16.5. The van der Waals surface area contributed by atoms with Crippen LogP contribution in [0.25, 0.3) is 0 Å². The average Bonchev–Trinajstić information content (AvgIpc) is 3.11. The summed E-state index contributed by atoms with van der Waals surface area (Å²) in [4.78, 5) is 12.6. The lowest BCUT2D eigenvalue weighted by Crippen LogP contribution is -2.26. The first-order chi connectivity index (χ1) is 12.6. The van der Waals surface area contributed by atoms with Crippen molar-refractivity contribution in [2.45, 2.75) is 26.4 Å². The second-order valence-corrected chi connectivity index (χ2v) is 6.35. The van der Waals surface area contributed by atoms with Gasteiger partial charge in [0.2, 0.25) is 0 Å². The molecule has 0 saturated carbocycles. The van der Waals surface area contributed by atoms with E-state index >= 15 is 0 Å². The molecule has 0 aliphatic heterocycles. The Balaban J connectivity index is 1.69. The monoisotopic (exact) mass is 349 g/mol. The Morgan fingerprint density at radius 1 is 1.23 bits per heavy atom. The first-order valence-electron chi connectivity index (χ1n) is 8.58. The van der Waals surface area contributed by atoms with Gasteiger partial charge in [-0.25, -0.2) is 0 Å². The predicted octanol–water partition coefficient (Wildman–Crippen LogP) is 3.74. The quantitative estimate of drug-likeness (QED) is 0.737. The summed E-state index contributed by atoms with van der Waals surface area (Å²) < 4.78 is 7.18. The Hall–Kier alpha value is -3.08. The molecule has 1 amide bonds. The Morgan fingerprint density at radius 2 is 2.00 bits per heavy atom. The van der Waals surface area contributed by atoms with Crippen molar-refractivity contribution >= 4 is 5.91 Å². The molecular formula is C21H23N3O2. The molecule has 3 rings (SSSR count). The predicted molar refractivity (Wildman–Crippen MR) is 101 cm³/mol. The second-order valence-electron chi connectivity index (χ2n) is 6.35. The zero-order valence-corrected chi connectivity index (χ0v) is 15.3. The highest BCUT2D eigenvalue weighted by Gasteiger charge is 2.16. The molecule has 5 nitrogen and oxygen atoms in total. The minimum atomic E-state index is -0.171. The molecule has 0 bridgehead atoms. The van der Waals surface area contributed by atoms with Gasteiger partial charge in [-0.2, -0.15) is 5.10 Å². The lowest BCUT2D eigenvalue weighted by Gasteiger charge is -2.17. The lowest BCUT2D eigenvalue weighted by molar-refractivity contribution is 0.0939. The van der Waals surface area contributed by atoms with Crippen LogP contribution in [-0.2, 0) is 6.54 Å². The summed E-state index contributed by atoms with van der Waals surface area (Å²) in [6.07, 6.45) is 3.36. The molecule has 5 heteroatoms. The van der Waals surface area contributed by atoms with E-state index in [1.807, 2.05) is 62.4 Å². The number of hydrogen-bond acceptors (Lipinski definition) is 3. The molecule has 1 atom stereocenters. The van der Waals surface area contributed by atoms with Crippen molar-refractivity contribution in [3.8, 4) is 5.75 Å². The molecular weight excluding hydrogens is 326 g/mol. The van der Waals surface area contributed by atoms with Crippen molar-refractivity contribution in [2.75, 3.05) is 7.11 Å². The van der Waals surface area contributed by atoms with Gasteiger partial charge < -0.3 is 10.1 Å². The van der Waals surface area contributed by atoms with Crippen LogP contribution in [0, 0.1) is 6.92 Å². The fourth-order valence-electron chi connectivity index (χ4n) is 2.89. The Kier molecular flexibility index (Phi) is 5.37. The number of carbonyl (C=O) groups excluding carboxylic acids is 1. The molecule has 2 aromatic carbocycles. The number of nitrogens with zero attached hydrogens (tertiary/aromatic N) is 2. The number of methoxy groups -OCH3 is 1. The van der Waals surface area contributed by atoms with Crippen molar-refractivity contribution in [1.29, 1.82) is 0 Å². The van der Waals surface area contributed by atoms with E-state index in [1.165, 1.54) is 0 Å². The van der Waals surface area contributed by atoms with E-state index in [0.29, 0.717) is 12.1 Å². The number of rotatable bonds is 6. The SMILES string of the molecule is COc1ccc(C)cc1[C@H](C)NC(=O)c1cnn(Cc2ccccc2)c1. The van der Waals surface area contributed by atoms with E-state index in [-0.39, 0.29) is 11.9 Å². The van der Waals surface area contributed by atoms with Crippen LogP contribution in [0.4, 0.5) is 0 Å².